The summed E-state index contributed by atoms with van der Waals surface area (Å²) in [6.07, 6.45) is 4.70. The van der Waals surface area contributed by atoms with E-state index in [-0.39, 0.29) is 30.0 Å². The van der Waals surface area contributed by atoms with Crippen molar-refractivity contribution in [2.75, 3.05) is 11.9 Å². The molecule has 2 aromatic rings. The van der Waals surface area contributed by atoms with E-state index >= 15 is 0 Å². The van der Waals surface area contributed by atoms with Crippen LogP contribution in [0.3, 0.4) is 0 Å². The number of benzene rings is 2. The fourth-order valence-corrected chi connectivity index (χ4v) is 4.13. The molecule has 6 heteroatoms. The molecule has 4 rings (SSSR count). The molecule has 2 fully saturated rings. The number of hydrogen-bond donors (Lipinski definition) is 1. The van der Waals surface area contributed by atoms with Gasteiger partial charge in [0, 0.05) is 30.8 Å². The molecule has 2 amide bonds. The lowest BCUT2D eigenvalue weighted by Crippen LogP contribution is -2.35. The second-order valence-electron chi connectivity index (χ2n) is 7.82. The highest BCUT2D eigenvalue weighted by Crippen LogP contribution is 2.30. The van der Waals surface area contributed by atoms with E-state index in [1.165, 1.54) is 12.1 Å². The van der Waals surface area contributed by atoms with Gasteiger partial charge < -0.3 is 15.0 Å². The number of nitrogens with one attached hydrogen (secondary N) is 1. The number of halogens is 1. The van der Waals surface area contributed by atoms with E-state index in [0.29, 0.717) is 30.6 Å². The van der Waals surface area contributed by atoms with Gasteiger partial charge in [0.15, 0.2) is 0 Å². The summed E-state index contributed by atoms with van der Waals surface area (Å²) in [5.74, 6) is -0.0209. The van der Waals surface area contributed by atoms with Crippen molar-refractivity contribution in [1.29, 1.82) is 0 Å². The normalized spacial score (nSPS) is 19.6. The molecule has 1 unspecified atom stereocenters. The van der Waals surface area contributed by atoms with E-state index in [4.69, 9.17) is 4.74 Å². The van der Waals surface area contributed by atoms with Crippen molar-refractivity contribution >= 4 is 17.5 Å². The molecular weight excluding hydrogens is 371 g/mol. The lowest BCUT2D eigenvalue weighted by Gasteiger charge is -2.23. The van der Waals surface area contributed by atoms with Gasteiger partial charge in [-0.1, -0.05) is 31.0 Å². The van der Waals surface area contributed by atoms with Crippen LogP contribution in [-0.2, 0) is 16.2 Å². The van der Waals surface area contributed by atoms with Crippen LogP contribution in [0, 0.1) is 11.7 Å². The molecule has 0 spiro atoms. The van der Waals surface area contributed by atoms with Crippen molar-refractivity contribution < 1.29 is 18.7 Å². The Morgan fingerprint density at radius 1 is 1.14 bits per heavy atom. The second kappa shape index (κ2) is 8.64. The van der Waals surface area contributed by atoms with Gasteiger partial charge in [0.2, 0.25) is 11.8 Å². The predicted molar refractivity (Wildman–Crippen MR) is 108 cm³/mol. The number of rotatable bonds is 6. The van der Waals surface area contributed by atoms with Gasteiger partial charge in [0.05, 0.1) is 5.92 Å². The minimum Gasteiger partial charge on any atom is -0.489 e. The minimum atomic E-state index is -0.313. The van der Waals surface area contributed by atoms with Crippen molar-refractivity contribution in [1.82, 2.24) is 4.90 Å². The number of amides is 2. The summed E-state index contributed by atoms with van der Waals surface area (Å²) >= 11 is 0. The van der Waals surface area contributed by atoms with Crippen molar-refractivity contribution in [3.8, 4) is 5.75 Å². The van der Waals surface area contributed by atoms with E-state index in [1.807, 2.05) is 4.90 Å². The molecule has 1 aliphatic heterocycles. The molecule has 1 N–H and O–H groups in total. The summed E-state index contributed by atoms with van der Waals surface area (Å²) in [4.78, 5) is 26.9. The van der Waals surface area contributed by atoms with E-state index in [2.05, 4.69) is 5.32 Å². The van der Waals surface area contributed by atoms with Gasteiger partial charge >= 0.3 is 0 Å². The second-order valence-corrected chi connectivity index (χ2v) is 7.82. The third-order valence-electron chi connectivity index (χ3n) is 5.72. The molecule has 5 nitrogen and oxygen atoms in total. The van der Waals surface area contributed by atoms with Gasteiger partial charge in [-0.05, 0) is 42.7 Å². The predicted octanol–water partition coefficient (Wildman–Crippen LogP) is 4.13. The number of ether oxygens (including phenoxy) is 1. The van der Waals surface area contributed by atoms with Crippen LogP contribution >= 0.6 is 0 Å². The number of carbonyl (C=O) groups is 2. The van der Waals surface area contributed by atoms with Gasteiger partial charge in [-0.3, -0.25) is 9.59 Å². The summed E-state index contributed by atoms with van der Waals surface area (Å²) in [5.41, 5.74) is 1.50. The van der Waals surface area contributed by atoms with Gasteiger partial charge in [-0.2, -0.15) is 0 Å². The minimum absolute atomic E-state index is 0.0911. The Kier molecular flexibility index (Phi) is 5.79. The molecule has 1 aliphatic carbocycles. The maximum absolute atomic E-state index is 13.0. The summed E-state index contributed by atoms with van der Waals surface area (Å²) in [6, 6.07) is 13.6. The van der Waals surface area contributed by atoms with Crippen molar-refractivity contribution in [3.63, 3.8) is 0 Å². The summed E-state index contributed by atoms with van der Waals surface area (Å²) in [7, 11) is 0. The zero-order valence-corrected chi connectivity index (χ0v) is 16.3. The topological polar surface area (TPSA) is 58.6 Å². The first kappa shape index (κ1) is 19.4. The molecule has 0 radical (unpaired) electrons. The molecule has 1 heterocycles. The highest BCUT2D eigenvalue weighted by molar-refractivity contribution is 5.97. The zero-order valence-electron chi connectivity index (χ0n) is 16.3. The molecule has 0 bridgehead atoms. The fourth-order valence-electron chi connectivity index (χ4n) is 4.13. The average Bonchev–Trinajstić information content (AvgIpc) is 3.37. The Labute approximate surface area is 169 Å². The van der Waals surface area contributed by atoms with Crippen LogP contribution in [0.1, 0.15) is 37.7 Å². The summed E-state index contributed by atoms with van der Waals surface area (Å²) in [5, 5.41) is 2.91. The van der Waals surface area contributed by atoms with Crippen LogP contribution in [0.25, 0.3) is 0 Å². The van der Waals surface area contributed by atoms with Crippen LogP contribution in [0.2, 0.25) is 0 Å². The Hall–Kier alpha value is -2.89. The van der Waals surface area contributed by atoms with Crippen LogP contribution in [0.5, 0.6) is 5.75 Å². The lowest BCUT2D eigenvalue weighted by molar-refractivity contribution is -0.129. The van der Waals surface area contributed by atoms with Gasteiger partial charge in [0.25, 0.3) is 0 Å². The average molecular weight is 396 g/mol. The Balaban J connectivity index is 1.33. The molecule has 1 atom stereocenters. The number of carbonyl (C=O) groups excluding carboxylic acids is 2. The van der Waals surface area contributed by atoms with E-state index in [1.54, 1.807) is 36.4 Å². The smallest absolute Gasteiger partial charge is 0.229 e. The first-order valence-electron chi connectivity index (χ1n) is 10.2. The number of nitrogens with zero attached hydrogens (tertiary/aromatic N) is 1. The third-order valence-corrected chi connectivity index (χ3v) is 5.72. The largest absolute Gasteiger partial charge is 0.489 e. The highest BCUT2D eigenvalue weighted by Gasteiger charge is 2.38. The molecule has 1 saturated heterocycles. The SMILES string of the molecule is O=C(Nc1cccc(OCc2ccc(F)cc2)c1)C1CC(=O)N(C2CCCC2)C1. The van der Waals surface area contributed by atoms with Crippen molar-refractivity contribution in [3.05, 3.63) is 59.9 Å². The van der Waals surface area contributed by atoms with E-state index < -0.39 is 0 Å². The highest BCUT2D eigenvalue weighted by atomic mass is 19.1. The number of likely N-dealkylation sites (tertiary alicyclic amines) is 1. The van der Waals surface area contributed by atoms with Crippen molar-refractivity contribution in [2.24, 2.45) is 5.92 Å². The maximum atomic E-state index is 13.0. The summed E-state index contributed by atoms with van der Waals surface area (Å²) in [6.45, 7) is 0.821. The van der Waals surface area contributed by atoms with Crippen LogP contribution in [0.4, 0.5) is 10.1 Å². The number of hydrogen-bond acceptors (Lipinski definition) is 3. The molecule has 2 aliphatic rings. The summed E-state index contributed by atoms with van der Waals surface area (Å²) < 4.78 is 18.7. The lowest BCUT2D eigenvalue weighted by atomic mass is 10.1. The Morgan fingerprint density at radius 3 is 2.66 bits per heavy atom. The van der Waals surface area contributed by atoms with Gasteiger partial charge in [0.1, 0.15) is 18.2 Å². The van der Waals surface area contributed by atoms with Crippen LogP contribution in [0.15, 0.2) is 48.5 Å². The maximum Gasteiger partial charge on any atom is 0.229 e. The molecule has 152 valence electrons. The standard InChI is InChI=1S/C23H25FN2O3/c24-18-10-8-16(9-11-18)15-29-21-7-3-4-19(13-21)25-23(28)17-12-22(27)26(14-17)20-5-1-2-6-20/h3-4,7-11,13,17,20H,1-2,5-6,12,14-15H2,(H,25,28). The molecule has 1 saturated carbocycles. The Bertz CT molecular complexity index is 878. The van der Waals surface area contributed by atoms with E-state index in [0.717, 1.165) is 31.2 Å². The molecule has 29 heavy (non-hydrogen) atoms. The quantitative estimate of drug-likeness (QED) is 0.799. The van der Waals surface area contributed by atoms with Crippen molar-refractivity contribution in [2.45, 2.75) is 44.8 Å². The Morgan fingerprint density at radius 2 is 1.90 bits per heavy atom. The van der Waals surface area contributed by atoms with Crippen LogP contribution in [-0.4, -0.2) is 29.3 Å². The van der Waals surface area contributed by atoms with Crippen LogP contribution < -0.4 is 10.1 Å². The molecular formula is C23H25FN2O3. The van der Waals surface area contributed by atoms with E-state index in [9.17, 15) is 14.0 Å². The zero-order chi connectivity index (χ0) is 20.2. The molecule has 2 aromatic carbocycles. The molecule has 0 aromatic heterocycles. The first-order chi connectivity index (χ1) is 14.1. The van der Waals surface area contributed by atoms with Gasteiger partial charge in [-0.25, -0.2) is 4.39 Å². The monoisotopic (exact) mass is 396 g/mol. The fraction of sp³-hybridized carbons (Fsp3) is 0.391. The first-order valence-corrected chi connectivity index (χ1v) is 10.2. The number of anilines is 1. The van der Waals surface area contributed by atoms with Gasteiger partial charge in [-0.15, -0.1) is 0 Å². The third kappa shape index (κ3) is 4.75.